The molecule has 0 spiro atoms. The summed E-state index contributed by atoms with van der Waals surface area (Å²) in [6.45, 7) is 0. The summed E-state index contributed by atoms with van der Waals surface area (Å²) < 4.78 is 5.63. The van der Waals surface area contributed by atoms with Crippen LogP contribution in [0, 0.1) is 0 Å². The predicted octanol–water partition coefficient (Wildman–Crippen LogP) is 4.44. The van der Waals surface area contributed by atoms with Gasteiger partial charge in [0.1, 0.15) is 5.58 Å². The zero-order valence-corrected chi connectivity index (χ0v) is 14.6. The molecule has 0 aliphatic heterocycles. The van der Waals surface area contributed by atoms with Crippen LogP contribution in [-0.2, 0) is 0 Å². The Morgan fingerprint density at radius 2 is 1.96 bits per heavy atom. The topological polar surface area (TPSA) is 59.3 Å². The normalized spacial score (nSPS) is 12.2. The van der Waals surface area contributed by atoms with Crippen LogP contribution >= 0.6 is 22.7 Å². The van der Waals surface area contributed by atoms with Gasteiger partial charge in [0.2, 0.25) is 0 Å². The quantitative estimate of drug-likeness (QED) is 0.580. The number of hydrogen-bond acceptors (Lipinski definition) is 5. The van der Waals surface area contributed by atoms with Gasteiger partial charge in [0.25, 0.3) is 5.91 Å². The lowest BCUT2D eigenvalue weighted by Gasteiger charge is -2.16. The first-order valence-corrected chi connectivity index (χ1v) is 9.44. The molecule has 0 aliphatic rings. The molecule has 1 aromatic carbocycles. The molecule has 124 valence electrons. The van der Waals surface area contributed by atoms with E-state index in [2.05, 4.69) is 5.32 Å². The van der Waals surface area contributed by atoms with E-state index in [0.29, 0.717) is 11.0 Å². The number of benzene rings is 1. The molecule has 0 bridgehead atoms. The Balaban J connectivity index is 1.69. The summed E-state index contributed by atoms with van der Waals surface area (Å²) in [6.07, 6.45) is 0. The maximum atomic E-state index is 12.7. The molecule has 0 saturated carbocycles. The van der Waals surface area contributed by atoms with Gasteiger partial charge in [0, 0.05) is 10.9 Å². The third kappa shape index (κ3) is 3.14. The Labute approximate surface area is 151 Å². The van der Waals surface area contributed by atoms with Crippen LogP contribution in [0.1, 0.15) is 27.0 Å². The molecule has 0 fully saturated rings. The molecule has 1 N–H and O–H groups in total. The SMILES string of the molecule is O=C(NC(c1ccsc1)c1cccs1)c1cc(=O)c2ccccc2o1. The smallest absolute Gasteiger partial charge is 0.287 e. The second-order valence-electron chi connectivity index (χ2n) is 5.45. The van der Waals surface area contributed by atoms with Gasteiger partial charge >= 0.3 is 0 Å². The molecule has 6 heteroatoms. The van der Waals surface area contributed by atoms with Gasteiger partial charge in [0.05, 0.1) is 11.4 Å². The molecule has 0 aliphatic carbocycles. The van der Waals surface area contributed by atoms with Crippen LogP contribution in [0.2, 0.25) is 0 Å². The van der Waals surface area contributed by atoms with E-state index in [1.54, 1.807) is 46.9 Å². The molecule has 1 atom stereocenters. The van der Waals surface area contributed by atoms with Crippen molar-refractivity contribution in [2.45, 2.75) is 6.04 Å². The average molecular weight is 367 g/mol. The van der Waals surface area contributed by atoms with E-state index in [4.69, 9.17) is 4.42 Å². The second-order valence-corrected chi connectivity index (χ2v) is 7.21. The number of rotatable bonds is 4. The standard InChI is InChI=1S/C19H13NO3S2/c21-14-10-16(23-15-5-2-1-4-13(14)15)19(22)20-18(12-7-9-24-11-12)17-6-3-8-25-17/h1-11,18H,(H,20,22). The average Bonchev–Trinajstić information content (AvgIpc) is 3.33. The maximum Gasteiger partial charge on any atom is 0.287 e. The third-order valence-electron chi connectivity index (χ3n) is 3.84. The van der Waals surface area contributed by atoms with E-state index < -0.39 is 5.91 Å². The summed E-state index contributed by atoms with van der Waals surface area (Å²) in [7, 11) is 0. The van der Waals surface area contributed by atoms with Gasteiger partial charge in [-0.2, -0.15) is 11.3 Å². The van der Waals surface area contributed by atoms with Gasteiger partial charge in [-0.05, 0) is 46.0 Å². The van der Waals surface area contributed by atoms with E-state index in [1.165, 1.54) is 6.07 Å². The van der Waals surface area contributed by atoms with Crippen molar-refractivity contribution in [2.24, 2.45) is 0 Å². The Hall–Kier alpha value is -2.70. The van der Waals surface area contributed by atoms with Crippen LogP contribution in [0.25, 0.3) is 11.0 Å². The minimum absolute atomic E-state index is 0.0143. The number of fused-ring (bicyclic) bond motifs is 1. The molecule has 4 aromatic rings. The fraction of sp³-hybridized carbons (Fsp3) is 0.0526. The van der Waals surface area contributed by atoms with Crippen LogP contribution in [0.5, 0.6) is 0 Å². The number of nitrogens with one attached hydrogen (secondary N) is 1. The van der Waals surface area contributed by atoms with Crippen molar-refractivity contribution in [1.29, 1.82) is 0 Å². The van der Waals surface area contributed by atoms with Crippen molar-refractivity contribution in [1.82, 2.24) is 5.32 Å². The summed E-state index contributed by atoms with van der Waals surface area (Å²) in [5, 5.41) is 9.38. The van der Waals surface area contributed by atoms with Crippen LogP contribution in [0.3, 0.4) is 0 Å². The summed E-state index contributed by atoms with van der Waals surface area (Å²) in [5.74, 6) is -0.395. The minimum Gasteiger partial charge on any atom is -0.451 e. The largest absolute Gasteiger partial charge is 0.451 e. The lowest BCUT2D eigenvalue weighted by molar-refractivity contribution is 0.0916. The highest BCUT2D eigenvalue weighted by Crippen LogP contribution is 2.28. The summed E-state index contributed by atoms with van der Waals surface area (Å²) in [6, 6.07) is 13.8. The fourth-order valence-electron chi connectivity index (χ4n) is 2.63. The van der Waals surface area contributed by atoms with Gasteiger partial charge in [-0.25, -0.2) is 0 Å². The highest BCUT2D eigenvalue weighted by molar-refractivity contribution is 7.10. The number of carbonyl (C=O) groups excluding carboxylic acids is 1. The van der Waals surface area contributed by atoms with Gasteiger partial charge in [-0.3, -0.25) is 9.59 Å². The summed E-state index contributed by atoms with van der Waals surface area (Å²) in [4.78, 5) is 25.9. The Kier molecular flexibility index (Phi) is 4.21. The molecule has 25 heavy (non-hydrogen) atoms. The molecule has 0 saturated heterocycles. The van der Waals surface area contributed by atoms with Crippen LogP contribution in [0.4, 0.5) is 0 Å². The summed E-state index contributed by atoms with van der Waals surface area (Å²) in [5.41, 5.74) is 1.18. The molecular formula is C19H13NO3S2. The van der Waals surface area contributed by atoms with Crippen molar-refractivity contribution >= 4 is 39.5 Å². The van der Waals surface area contributed by atoms with Gasteiger partial charge in [-0.15, -0.1) is 11.3 Å². The van der Waals surface area contributed by atoms with E-state index in [0.717, 1.165) is 10.4 Å². The lowest BCUT2D eigenvalue weighted by atomic mass is 10.1. The number of para-hydroxylation sites is 1. The van der Waals surface area contributed by atoms with E-state index in [-0.39, 0.29) is 17.2 Å². The number of amides is 1. The molecule has 1 amide bonds. The Bertz CT molecular complexity index is 1030. The highest BCUT2D eigenvalue weighted by Gasteiger charge is 2.21. The maximum absolute atomic E-state index is 12.7. The minimum atomic E-state index is -0.410. The number of carbonyl (C=O) groups is 1. The Morgan fingerprint density at radius 1 is 1.08 bits per heavy atom. The zero-order chi connectivity index (χ0) is 17.2. The van der Waals surface area contributed by atoms with Crippen molar-refractivity contribution in [3.63, 3.8) is 0 Å². The molecular weight excluding hydrogens is 354 g/mol. The van der Waals surface area contributed by atoms with Crippen molar-refractivity contribution in [2.75, 3.05) is 0 Å². The molecule has 0 radical (unpaired) electrons. The predicted molar refractivity (Wildman–Crippen MR) is 100 cm³/mol. The van der Waals surface area contributed by atoms with Crippen LogP contribution in [-0.4, -0.2) is 5.91 Å². The van der Waals surface area contributed by atoms with Gasteiger partial charge < -0.3 is 9.73 Å². The van der Waals surface area contributed by atoms with E-state index in [9.17, 15) is 9.59 Å². The molecule has 4 nitrogen and oxygen atoms in total. The van der Waals surface area contributed by atoms with Gasteiger partial charge in [0.15, 0.2) is 11.2 Å². The first-order valence-electron chi connectivity index (χ1n) is 7.61. The first kappa shape index (κ1) is 15.8. The monoisotopic (exact) mass is 367 g/mol. The van der Waals surface area contributed by atoms with Gasteiger partial charge in [-0.1, -0.05) is 18.2 Å². The van der Waals surface area contributed by atoms with Crippen LogP contribution in [0.15, 0.2) is 73.9 Å². The summed E-state index contributed by atoms with van der Waals surface area (Å²) >= 11 is 3.14. The van der Waals surface area contributed by atoms with Crippen LogP contribution < -0.4 is 10.7 Å². The first-order chi connectivity index (χ1) is 12.2. The molecule has 4 rings (SSSR count). The van der Waals surface area contributed by atoms with Crippen molar-refractivity contribution in [3.8, 4) is 0 Å². The van der Waals surface area contributed by atoms with Crippen molar-refractivity contribution < 1.29 is 9.21 Å². The zero-order valence-electron chi connectivity index (χ0n) is 13.0. The lowest BCUT2D eigenvalue weighted by Crippen LogP contribution is -2.29. The highest BCUT2D eigenvalue weighted by atomic mass is 32.1. The third-order valence-corrected chi connectivity index (χ3v) is 5.48. The fourth-order valence-corrected chi connectivity index (χ4v) is 4.12. The Morgan fingerprint density at radius 3 is 2.72 bits per heavy atom. The molecule has 3 aromatic heterocycles. The van der Waals surface area contributed by atoms with Crippen molar-refractivity contribution in [3.05, 3.63) is 91.1 Å². The second kappa shape index (κ2) is 6.66. The number of hydrogen-bond donors (Lipinski definition) is 1. The number of thiophene rings is 2. The molecule has 1 unspecified atom stereocenters. The molecule has 3 heterocycles. The van der Waals surface area contributed by atoms with E-state index in [1.807, 2.05) is 34.3 Å². The van der Waals surface area contributed by atoms with E-state index >= 15 is 0 Å².